The van der Waals surface area contributed by atoms with E-state index >= 15 is 4.39 Å². The summed E-state index contributed by atoms with van der Waals surface area (Å²) in [5.74, 6) is 0.476. The fraction of sp³-hybridized carbons (Fsp3) is 0.556. The highest BCUT2D eigenvalue weighted by molar-refractivity contribution is 7.97. The summed E-state index contributed by atoms with van der Waals surface area (Å²) in [5, 5.41) is 4.28. The van der Waals surface area contributed by atoms with Gasteiger partial charge in [-0.1, -0.05) is 38.7 Å². The molecular weight excluding hydrogens is 459 g/mol. The van der Waals surface area contributed by atoms with E-state index in [4.69, 9.17) is 4.98 Å². The molecule has 188 valence electrons. The second-order valence-corrected chi connectivity index (χ2v) is 11.1. The number of unbranched alkanes of at least 4 members (excludes halogenated alkanes) is 1. The standard InChI is InChI=1S/C27H37FN6S/c1-3-4-12-29-27-30-18-23-24(19-34(26(23)31-27)20-8-6-5-7-9-20)22-11-10-21(17-25(22)28)35-33-15-13-32(2)14-16-33/h10-11,17-20H,3-9,12-16H2,1-2H3,(H,29,30,31). The molecule has 1 saturated heterocycles. The molecule has 0 atom stereocenters. The normalized spacial score (nSPS) is 18.4. The van der Waals surface area contributed by atoms with Crippen molar-refractivity contribution in [3.63, 3.8) is 0 Å². The molecule has 2 aromatic heterocycles. The van der Waals surface area contributed by atoms with Gasteiger partial charge in [0.15, 0.2) is 0 Å². The van der Waals surface area contributed by atoms with Crippen molar-refractivity contribution in [1.29, 1.82) is 0 Å². The molecule has 0 unspecified atom stereocenters. The number of nitrogens with zero attached hydrogens (tertiary/aromatic N) is 5. The van der Waals surface area contributed by atoms with E-state index in [1.54, 1.807) is 18.0 Å². The number of aromatic nitrogens is 3. The first-order valence-electron chi connectivity index (χ1n) is 13.1. The topological polar surface area (TPSA) is 49.2 Å². The maximum absolute atomic E-state index is 15.5. The summed E-state index contributed by atoms with van der Waals surface area (Å²) in [5.41, 5.74) is 2.43. The van der Waals surface area contributed by atoms with E-state index in [-0.39, 0.29) is 5.82 Å². The molecule has 35 heavy (non-hydrogen) atoms. The van der Waals surface area contributed by atoms with Crippen LogP contribution in [0.4, 0.5) is 10.3 Å². The Morgan fingerprint density at radius 3 is 2.63 bits per heavy atom. The number of hydrogen-bond donors (Lipinski definition) is 1. The second kappa shape index (κ2) is 11.3. The number of likely N-dealkylation sites (N-methyl/N-ethyl adjacent to an activating group) is 1. The molecule has 0 spiro atoms. The van der Waals surface area contributed by atoms with Gasteiger partial charge < -0.3 is 14.8 Å². The Morgan fingerprint density at radius 2 is 1.89 bits per heavy atom. The minimum Gasteiger partial charge on any atom is -0.354 e. The smallest absolute Gasteiger partial charge is 0.224 e. The van der Waals surface area contributed by atoms with Gasteiger partial charge in [-0.2, -0.15) is 4.98 Å². The molecule has 0 radical (unpaired) electrons. The minimum absolute atomic E-state index is 0.183. The molecule has 5 rings (SSSR count). The Bertz CT molecular complexity index is 1130. The Morgan fingerprint density at radius 1 is 1.09 bits per heavy atom. The van der Waals surface area contributed by atoms with Crippen LogP contribution in [0.15, 0.2) is 35.5 Å². The van der Waals surface area contributed by atoms with Crippen LogP contribution in [0.25, 0.3) is 22.2 Å². The van der Waals surface area contributed by atoms with Gasteiger partial charge in [0.1, 0.15) is 11.5 Å². The van der Waals surface area contributed by atoms with Crippen LogP contribution in [0.1, 0.15) is 57.9 Å². The Labute approximate surface area is 212 Å². The zero-order chi connectivity index (χ0) is 24.2. The highest BCUT2D eigenvalue weighted by Gasteiger charge is 2.23. The van der Waals surface area contributed by atoms with E-state index in [9.17, 15) is 0 Å². The Hall–Kier alpha value is -2.16. The summed E-state index contributed by atoms with van der Waals surface area (Å²) in [7, 11) is 2.15. The highest BCUT2D eigenvalue weighted by Crippen LogP contribution is 2.38. The van der Waals surface area contributed by atoms with Gasteiger partial charge in [0.2, 0.25) is 5.95 Å². The van der Waals surface area contributed by atoms with Gasteiger partial charge in [0.25, 0.3) is 0 Å². The van der Waals surface area contributed by atoms with Crippen molar-refractivity contribution in [1.82, 2.24) is 23.7 Å². The van der Waals surface area contributed by atoms with Crippen molar-refractivity contribution < 1.29 is 4.39 Å². The fourth-order valence-corrected chi connectivity index (χ4v) is 6.07. The van der Waals surface area contributed by atoms with E-state index in [1.807, 2.05) is 18.3 Å². The lowest BCUT2D eigenvalue weighted by Crippen LogP contribution is -2.40. The van der Waals surface area contributed by atoms with Crippen molar-refractivity contribution in [2.24, 2.45) is 0 Å². The summed E-state index contributed by atoms with van der Waals surface area (Å²) in [6.45, 7) is 7.11. The van der Waals surface area contributed by atoms with E-state index in [0.717, 1.165) is 79.9 Å². The SMILES string of the molecule is CCCCNc1ncc2c(-c3ccc(SN4CCN(C)CC4)cc3F)cn(C3CCCCC3)c2n1. The quantitative estimate of drug-likeness (QED) is 0.296. The molecule has 1 aromatic carbocycles. The Balaban J connectivity index is 1.45. The first kappa shape index (κ1) is 24.5. The van der Waals surface area contributed by atoms with Crippen LogP contribution in [0.3, 0.4) is 0 Å². The third-order valence-electron chi connectivity index (χ3n) is 7.28. The largest absolute Gasteiger partial charge is 0.354 e. The van der Waals surface area contributed by atoms with Crippen LogP contribution in [-0.2, 0) is 0 Å². The molecular formula is C27H37FN6S. The maximum Gasteiger partial charge on any atom is 0.224 e. The van der Waals surface area contributed by atoms with Crippen LogP contribution in [0.2, 0.25) is 0 Å². The lowest BCUT2D eigenvalue weighted by molar-refractivity contribution is 0.233. The van der Waals surface area contributed by atoms with Crippen LogP contribution in [-0.4, -0.2) is 63.5 Å². The van der Waals surface area contributed by atoms with Gasteiger partial charge in [-0.25, -0.2) is 13.7 Å². The predicted molar refractivity (Wildman–Crippen MR) is 143 cm³/mol. The fourth-order valence-electron chi connectivity index (χ4n) is 5.14. The molecule has 3 aromatic rings. The van der Waals surface area contributed by atoms with Gasteiger partial charge in [0.05, 0.1) is 0 Å². The molecule has 1 N–H and O–H groups in total. The average Bonchev–Trinajstić information content (AvgIpc) is 3.25. The second-order valence-electron chi connectivity index (χ2n) is 9.92. The maximum atomic E-state index is 15.5. The van der Waals surface area contributed by atoms with Crippen molar-refractivity contribution >= 4 is 28.9 Å². The molecule has 0 bridgehead atoms. The molecule has 2 aliphatic rings. The number of hydrogen-bond acceptors (Lipinski definition) is 6. The van der Waals surface area contributed by atoms with E-state index in [0.29, 0.717) is 17.6 Å². The number of benzene rings is 1. The zero-order valence-electron chi connectivity index (χ0n) is 21.0. The molecule has 1 aliphatic heterocycles. The molecule has 1 saturated carbocycles. The van der Waals surface area contributed by atoms with Gasteiger partial charge in [-0.3, -0.25) is 0 Å². The number of rotatable bonds is 8. The summed E-state index contributed by atoms with van der Waals surface area (Å²) in [4.78, 5) is 12.8. The highest BCUT2D eigenvalue weighted by atomic mass is 32.2. The van der Waals surface area contributed by atoms with Crippen LogP contribution < -0.4 is 5.32 Å². The van der Waals surface area contributed by atoms with Gasteiger partial charge in [-0.15, -0.1) is 0 Å². The first-order chi connectivity index (χ1) is 17.1. The molecule has 6 nitrogen and oxygen atoms in total. The average molecular weight is 497 g/mol. The number of piperazine rings is 1. The van der Waals surface area contributed by atoms with Crippen LogP contribution in [0, 0.1) is 5.82 Å². The zero-order valence-corrected chi connectivity index (χ0v) is 21.8. The van der Waals surface area contributed by atoms with Gasteiger partial charge >= 0.3 is 0 Å². The number of anilines is 1. The van der Waals surface area contributed by atoms with E-state index in [2.05, 4.69) is 44.2 Å². The molecule has 8 heteroatoms. The van der Waals surface area contributed by atoms with E-state index < -0.39 is 0 Å². The predicted octanol–water partition coefficient (Wildman–Crippen LogP) is 6.21. The summed E-state index contributed by atoms with van der Waals surface area (Å²) < 4.78 is 20.1. The molecule has 3 heterocycles. The van der Waals surface area contributed by atoms with Crippen molar-refractivity contribution in [3.05, 3.63) is 36.4 Å². The number of nitrogens with one attached hydrogen (secondary N) is 1. The summed E-state index contributed by atoms with van der Waals surface area (Å²) in [6, 6.07) is 6.07. The van der Waals surface area contributed by atoms with Gasteiger partial charge in [0, 0.05) is 72.6 Å². The van der Waals surface area contributed by atoms with Crippen LogP contribution in [0.5, 0.6) is 0 Å². The molecule has 2 fully saturated rings. The van der Waals surface area contributed by atoms with E-state index in [1.165, 1.54) is 19.3 Å². The van der Waals surface area contributed by atoms with Crippen molar-refractivity contribution in [3.8, 4) is 11.1 Å². The molecule has 1 aliphatic carbocycles. The number of fused-ring (bicyclic) bond motifs is 1. The lowest BCUT2D eigenvalue weighted by Gasteiger charge is -2.31. The third kappa shape index (κ3) is 5.65. The third-order valence-corrected chi connectivity index (χ3v) is 8.37. The molecule has 0 amide bonds. The monoisotopic (exact) mass is 496 g/mol. The van der Waals surface area contributed by atoms with Crippen molar-refractivity contribution in [2.75, 3.05) is 45.1 Å². The Kier molecular flexibility index (Phi) is 7.90. The summed E-state index contributed by atoms with van der Waals surface area (Å²) in [6.07, 6.45) is 12.3. The minimum atomic E-state index is -0.183. The van der Waals surface area contributed by atoms with Gasteiger partial charge in [-0.05, 0) is 50.4 Å². The lowest BCUT2D eigenvalue weighted by atomic mass is 9.95. The summed E-state index contributed by atoms with van der Waals surface area (Å²) >= 11 is 1.66. The number of halogens is 1. The first-order valence-corrected chi connectivity index (χ1v) is 13.9. The van der Waals surface area contributed by atoms with Crippen LogP contribution >= 0.6 is 11.9 Å². The van der Waals surface area contributed by atoms with Crippen molar-refractivity contribution in [2.45, 2.75) is 62.8 Å².